The zero-order valence-corrected chi connectivity index (χ0v) is 133. The number of ether oxygens (including phenoxy) is 2. The maximum atomic E-state index is 11.6. The number of aryl methyl sites for hydroxylation is 2. The summed E-state index contributed by atoms with van der Waals surface area (Å²) >= 11 is 3.39. The van der Waals surface area contributed by atoms with Crippen molar-refractivity contribution >= 4 is 589 Å². The van der Waals surface area contributed by atoms with E-state index in [1.807, 2.05) is 78.9 Å². The van der Waals surface area contributed by atoms with E-state index in [1.165, 1.54) is 18.7 Å². The van der Waals surface area contributed by atoms with Gasteiger partial charge >= 0.3 is 5.97 Å². The third-order valence-corrected chi connectivity index (χ3v) is 482. The molecule has 0 fully saturated rings. The normalized spacial score (nSPS) is 14.5. The second-order valence-electron chi connectivity index (χ2n) is 19.8. The number of aromatic nitrogens is 4. The molecule has 9 nitrogen and oxygen atoms in total. The number of hydrogen-bond donors (Lipinski definition) is 1. The van der Waals surface area contributed by atoms with Crippen molar-refractivity contribution in [3.63, 3.8) is 0 Å². The molecule has 3 aromatic carbocycles. The number of nitrogens with zero attached hydrogens (tertiary/aromatic N) is 4. The first-order valence-electron chi connectivity index (χ1n) is 28.3. The first kappa shape index (κ1) is 132. The van der Waals surface area contributed by atoms with E-state index in [9.17, 15) is 14.7 Å². The number of carboxylic acids is 1. The van der Waals surface area contributed by atoms with Crippen LogP contribution in [0.25, 0.3) is 33.6 Å². The molecule has 2 aromatic heterocycles. The van der Waals surface area contributed by atoms with Crippen molar-refractivity contribution in [2.75, 3.05) is 14.2 Å². The van der Waals surface area contributed by atoms with Crippen molar-refractivity contribution in [2.24, 2.45) is 14.1 Å². The molecule has 0 amide bonds. The third kappa shape index (κ3) is 44.2. The fraction of sp³-hybridized carbons (Fsp3) is 0.161. The summed E-state index contributed by atoms with van der Waals surface area (Å²) in [6.07, 6.45) is 0. The van der Waals surface area contributed by atoms with E-state index in [1.54, 1.807) is 25.9 Å². The molecule has 634 valence electrons. The van der Waals surface area contributed by atoms with Crippen LogP contribution in [0.15, 0.2) is 83.3 Å². The van der Waals surface area contributed by atoms with Gasteiger partial charge in [-0.25, -0.2) is 4.79 Å². The standard InChI is InChI=1S/C18H16N2O3.C13H13BrN2O2.H39P37.H35P33/c1-20-16(18(21)22)17(23-2)15(19-20)14-10-8-13(9-11-14)12-6-4-3-5-7-12;1-8(17)12-13(18-3)11(15-16(12)2)9-4-6-10(14)7-5-9;1-20-30(21(2)3)35(31(22(4)5)23(6)7)37(34(28(16)17)29(18)19)36(32(24(8)9)25(10)11)33(26(12)13)27(14)15;1-18-27(19(2)3)31(26(16)17)33(30(24(12)13)25(14)15)32(28(20(4)5)21(6)7)29(22(8)9)23(10)11/h3-11H,1-2H3,(H,21,22);4-7H,1-3H3;20H,1-19H2;18H,1-17H2. The van der Waals surface area contributed by atoms with Gasteiger partial charge in [-0.15, -0.1) is 321 Å². The highest BCUT2D eigenvalue weighted by atomic mass is 79.9. The maximum Gasteiger partial charge on any atom is 0.358 e. The minimum Gasteiger partial charge on any atom is -0.492 e. The maximum absolute atomic E-state index is 11.6. The summed E-state index contributed by atoms with van der Waals surface area (Å²) in [5, 5.41) is 17.9. The Kier molecular flexibility index (Phi) is 84.9. The van der Waals surface area contributed by atoms with Crippen LogP contribution >= 0.6 is 577 Å². The predicted molar refractivity (Wildman–Crippen MR) is 748 cm³/mol. The molecule has 0 bridgehead atoms. The van der Waals surface area contributed by atoms with E-state index >= 15 is 0 Å². The predicted octanol–water partition coefficient (Wildman–Crippen LogP) is 47.0. The molecule has 80 heteroatoms. The van der Waals surface area contributed by atoms with E-state index in [4.69, 9.17) is 9.47 Å². The van der Waals surface area contributed by atoms with Crippen LogP contribution in [-0.4, -0.2) is 50.6 Å². The number of carboxylic acid groups (broad SMARTS) is 1. The molecule has 0 saturated heterocycles. The van der Waals surface area contributed by atoms with Crippen molar-refractivity contribution in [3.05, 3.63) is 94.7 Å². The third-order valence-electron chi connectivity index (χ3n) is 12.2. The highest BCUT2D eigenvalue weighted by Gasteiger charge is 2.55. The average Bonchev–Trinajstić information content (AvgIpc) is 1.74. The van der Waals surface area contributed by atoms with Gasteiger partial charge in [0.05, 0.1) is 14.2 Å². The summed E-state index contributed by atoms with van der Waals surface area (Å²) in [7, 11) is 129. The number of aromatic carboxylic acids is 1. The molecule has 1 N–H and O–H groups in total. The first-order valence-corrected chi connectivity index (χ1v) is 156. The summed E-state index contributed by atoms with van der Waals surface area (Å²) < 4.78 is 14.5. The largest absolute Gasteiger partial charge is 0.492 e. The molecule has 0 aliphatic rings. The number of Topliss-reactive ketones (excluding diaryl/α,β-unsaturated/α-hetero) is 1. The lowest BCUT2D eigenvalue weighted by atomic mass is 10.0. The lowest BCUT2D eigenvalue weighted by Gasteiger charge is -2.55. The van der Waals surface area contributed by atoms with E-state index < -0.39 is 5.97 Å². The lowest BCUT2D eigenvalue weighted by molar-refractivity contribution is 0.0681. The van der Waals surface area contributed by atoms with Gasteiger partial charge in [0.2, 0.25) is 0 Å². The second-order valence-corrected chi connectivity index (χ2v) is 301. The number of methoxy groups -OCH3 is 2. The number of halogens is 1. The van der Waals surface area contributed by atoms with Gasteiger partial charge in [-0.1, -0.05) is 98.6 Å². The molecule has 5 rings (SSSR count). The van der Waals surface area contributed by atoms with Gasteiger partial charge in [-0.3, -0.25) is 14.2 Å². The first-order chi connectivity index (χ1) is 51.5. The number of rotatable bonds is 39. The Balaban J connectivity index is 0.000000517. The lowest BCUT2D eigenvalue weighted by Crippen LogP contribution is -2.06. The number of carbonyl (C=O) groups excluding carboxylic acids is 1. The van der Waals surface area contributed by atoms with Gasteiger partial charge in [0, 0.05) is 36.6 Å². The Morgan fingerprint density at radius 3 is 0.811 bits per heavy atom. The SMILES string of the molecule is COc1c(-c2ccc(-c3ccccc3)cc2)nn(C)c1C(=O)O.COc1c(-c2ccc(Br)cc2)nn(C)c1C(C)=O.PPP(P(P)P)P(P(P(P)P)P(P)P)P(P(P(P)P)P(P)P)P(P(P(P)P)P(P)P)P(P(P)P)P(P)P.PPP(P(P)P)P(P(P)P)P(P(P(P)P)P(P)P)P(P(P(P)P)P(P)P)P(P(P)P)P(P)P. The van der Waals surface area contributed by atoms with Crippen LogP contribution in [0.4, 0.5) is 0 Å². The highest BCUT2D eigenvalue weighted by molar-refractivity contribution is 9.49. The van der Waals surface area contributed by atoms with Crippen LogP contribution in [0.1, 0.15) is 27.9 Å². The van der Waals surface area contributed by atoms with Gasteiger partial charge in [0.25, 0.3) is 0 Å². The topological polar surface area (TPSA) is 108 Å². The number of benzene rings is 3. The van der Waals surface area contributed by atoms with Crippen LogP contribution in [-0.2, 0) is 14.1 Å². The average molecular weight is 2860 g/mol. The molecule has 0 aliphatic heterocycles. The molecule has 5 aromatic rings. The van der Waals surface area contributed by atoms with Crippen molar-refractivity contribution < 1.29 is 24.2 Å². The van der Waals surface area contributed by atoms with Crippen LogP contribution < -0.4 is 9.47 Å². The molecule has 0 radical (unpaired) electrons. The number of hydrogen-bond acceptors (Lipinski definition) is 6. The Labute approximate surface area is 796 Å². The summed E-state index contributed by atoms with van der Waals surface area (Å²) in [6, 6.07) is 25.6. The van der Waals surface area contributed by atoms with Gasteiger partial charge in [0.1, 0.15) is 17.1 Å². The van der Waals surface area contributed by atoms with Crippen molar-refractivity contribution in [3.8, 4) is 45.1 Å². The zero-order chi connectivity index (χ0) is 85.6. The van der Waals surface area contributed by atoms with E-state index in [0.717, 1.165) is 42.6 Å². The monoisotopic (exact) mass is 2860 g/mol. The fourth-order valence-corrected chi connectivity index (χ4v) is 952. The summed E-state index contributed by atoms with van der Waals surface area (Å²) in [5.41, 5.74) is 5.65. The van der Waals surface area contributed by atoms with Crippen LogP contribution in [0.2, 0.25) is 0 Å². The quantitative estimate of drug-likeness (QED) is 0.0308. The molecule has 0 saturated carbocycles. The molecule has 44 atom stereocenters. The Bertz CT molecular complexity index is 3390. The van der Waals surface area contributed by atoms with Gasteiger partial charge in [-0.05, 0) is 247 Å². The number of ketones is 1. The zero-order valence-electron chi connectivity index (χ0n) is 59.3. The molecule has 0 spiro atoms. The Hall–Kier alpha value is 25.4. The van der Waals surface area contributed by atoms with E-state index in [-0.39, 0.29) is 241 Å². The van der Waals surface area contributed by atoms with Crippen LogP contribution in [0.3, 0.4) is 0 Å². The van der Waals surface area contributed by atoms with Gasteiger partial charge in [-0.2, -0.15) is 10.2 Å². The highest BCUT2D eigenvalue weighted by Crippen LogP contribution is 3.43. The molecular formula is C31H103BrN4O5P70. The minimum absolute atomic E-state index is 0.00189. The molecule has 2 heterocycles. The Morgan fingerprint density at radius 2 is 0.559 bits per heavy atom. The van der Waals surface area contributed by atoms with Crippen LogP contribution in [0.5, 0.6) is 11.5 Å². The smallest absolute Gasteiger partial charge is 0.358 e. The Morgan fingerprint density at radius 1 is 0.333 bits per heavy atom. The minimum atomic E-state index is -1.07. The van der Waals surface area contributed by atoms with Crippen molar-refractivity contribution in [1.29, 1.82) is 0 Å². The molecule has 44 unspecified atom stereocenters. The van der Waals surface area contributed by atoms with E-state index in [0.29, 0.717) is 22.8 Å². The molecular weight excluding hydrogens is 2760 g/mol. The summed E-state index contributed by atoms with van der Waals surface area (Å²) in [6.45, 7) is 0.267. The van der Waals surface area contributed by atoms with Gasteiger partial charge < -0.3 is 14.6 Å². The van der Waals surface area contributed by atoms with E-state index in [2.05, 4.69) is 348 Å². The number of carbonyl (C=O) groups is 2. The second kappa shape index (κ2) is 71.2. The summed E-state index contributed by atoms with van der Waals surface area (Å²) in [5.74, 6) is -0.339. The van der Waals surface area contributed by atoms with Crippen LogP contribution in [0, 0.1) is 0 Å². The molecule has 0 aliphatic carbocycles. The fourth-order valence-electron chi connectivity index (χ4n) is 8.35. The summed E-state index contributed by atoms with van der Waals surface area (Å²) in [4.78, 5) is 22.9. The van der Waals surface area contributed by atoms with Gasteiger partial charge in [0.15, 0.2) is 23.0 Å². The van der Waals surface area contributed by atoms with Crippen molar-refractivity contribution in [1.82, 2.24) is 19.6 Å². The molecule has 111 heavy (non-hydrogen) atoms. The van der Waals surface area contributed by atoms with Crippen molar-refractivity contribution in [2.45, 2.75) is 6.92 Å².